The molecule has 0 atom stereocenters. The van der Waals surface area contributed by atoms with E-state index in [4.69, 9.17) is 5.21 Å². The van der Waals surface area contributed by atoms with E-state index < -0.39 is 11.7 Å². The van der Waals surface area contributed by atoms with Gasteiger partial charge in [0.25, 0.3) is 0 Å². The van der Waals surface area contributed by atoms with Crippen molar-refractivity contribution in [2.75, 3.05) is 5.75 Å². The van der Waals surface area contributed by atoms with Gasteiger partial charge in [0, 0.05) is 16.2 Å². The van der Waals surface area contributed by atoms with Crippen molar-refractivity contribution in [1.29, 1.82) is 0 Å². The van der Waals surface area contributed by atoms with E-state index in [2.05, 4.69) is 5.16 Å². The molecule has 0 saturated heterocycles. The first-order valence-electron chi connectivity index (χ1n) is 6.07. The van der Waals surface area contributed by atoms with Crippen LogP contribution in [0, 0.1) is 0 Å². The molecular formula is C15H12F3NOS. The quantitative estimate of drug-likeness (QED) is 0.385. The summed E-state index contributed by atoms with van der Waals surface area (Å²) in [6, 6.07) is 14.1. The molecule has 0 aliphatic rings. The minimum absolute atomic E-state index is 0.204. The third kappa shape index (κ3) is 4.26. The van der Waals surface area contributed by atoms with Crippen molar-refractivity contribution in [1.82, 2.24) is 0 Å². The smallest absolute Gasteiger partial charge is 0.411 e. The highest BCUT2D eigenvalue weighted by Gasteiger charge is 2.30. The predicted octanol–water partition coefficient (Wildman–Crippen LogP) is 4.68. The van der Waals surface area contributed by atoms with E-state index >= 15 is 0 Å². The number of halogens is 3. The summed E-state index contributed by atoms with van der Waals surface area (Å²) < 4.78 is 38.0. The monoisotopic (exact) mass is 311 g/mol. The third-order valence-corrected chi connectivity index (χ3v) is 3.79. The Hall–Kier alpha value is -1.95. The average Bonchev–Trinajstić information content (AvgIpc) is 2.48. The zero-order valence-corrected chi connectivity index (χ0v) is 11.7. The van der Waals surface area contributed by atoms with Crippen molar-refractivity contribution >= 4 is 17.5 Å². The van der Waals surface area contributed by atoms with E-state index in [1.54, 1.807) is 0 Å². The van der Waals surface area contributed by atoms with Gasteiger partial charge in [0.05, 0.1) is 11.3 Å². The van der Waals surface area contributed by atoms with Gasteiger partial charge >= 0.3 is 6.18 Å². The molecule has 0 fully saturated rings. The summed E-state index contributed by atoms with van der Waals surface area (Å²) in [6.45, 7) is 0. The highest BCUT2D eigenvalue weighted by atomic mass is 32.2. The van der Waals surface area contributed by atoms with Gasteiger partial charge < -0.3 is 5.21 Å². The van der Waals surface area contributed by atoms with Gasteiger partial charge in [0.2, 0.25) is 0 Å². The molecule has 21 heavy (non-hydrogen) atoms. The Kier molecular flexibility index (Phi) is 4.90. The van der Waals surface area contributed by atoms with E-state index in [9.17, 15) is 13.2 Å². The number of benzene rings is 2. The van der Waals surface area contributed by atoms with Gasteiger partial charge in [-0.05, 0) is 24.3 Å². The summed E-state index contributed by atoms with van der Waals surface area (Å²) in [5.41, 5.74) is -0.295. The summed E-state index contributed by atoms with van der Waals surface area (Å²) in [5, 5.41) is 12.2. The molecular weight excluding hydrogens is 299 g/mol. The minimum Gasteiger partial charge on any atom is -0.411 e. The van der Waals surface area contributed by atoms with Crippen LogP contribution in [0.5, 0.6) is 0 Å². The van der Waals surface area contributed by atoms with Crippen LogP contribution in [-0.2, 0) is 6.18 Å². The van der Waals surface area contributed by atoms with Gasteiger partial charge in [-0.3, -0.25) is 0 Å². The molecule has 0 aliphatic carbocycles. The van der Waals surface area contributed by atoms with Crippen LogP contribution >= 0.6 is 11.8 Å². The maximum Gasteiger partial charge on any atom is 0.416 e. The van der Waals surface area contributed by atoms with E-state index in [-0.39, 0.29) is 17.0 Å². The second-order valence-electron chi connectivity index (χ2n) is 4.23. The fourth-order valence-corrected chi connectivity index (χ4v) is 2.59. The van der Waals surface area contributed by atoms with E-state index in [1.807, 2.05) is 30.3 Å². The molecule has 2 aromatic rings. The normalized spacial score (nSPS) is 12.4. The standard InChI is InChI=1S/C15H12F3NOS/c16-15(17,18)12-6-4-5-11(9-12)14(19-20)10-21-13-7-2-1-3-8-13/h1-9,20H,10H2/b19-14+. The van der Waals surface area contributed by atoms with Crippen LogP contribution in [0.25, 0.3) is 0 Å². The lowest BCUT2D eigenvalue weighted by Crippen LogP contribution is -2.09. The number of nitrogens with zero attached hydrogens (tertiary/aromatic N) is 1. The number of rotatable bonds is 4. The van der Waals surface area contributed by atoms with Crippen LogP contribution < -0.4 is 0 Å². The largest absolute Gasteiger partial charge is 0.416 e. The van der Waals surface area contributed by atoms with Crippen molar-refractivity contribution in [3.05, 3.63) is 65.7 Å². The van der Waals surface area contributed by atoms with E-state index in [0.717, 1.165) is 17.0 Å². The molecule has 0 unspecified atom stereocenters. The topological polar surface area (TPSA) is 32.6 Å². The highest BCUT2D eigenvalue weighted by Crippen LogP contribution is 2.30. The fourth-order valence-electron chi connectivity index (χ4n) is 1.71. The van der Waals surface area contributed by atoms with Gasteiger partial charge in [-0.1, -0.05) is 35.5 Å². The molecule has 0 saturated carbocycles. The molecule has 6 heteroatoms. The first-order valence-corrected chi connectivity index (χ1v) is 7.05. The molecule has 0 spiro atoms. The van der Waals surface area contributed by atoms with Crippen molar-refractivity contribution in [2.45, 2.75) is 11.1 Å². The Morgan fingerprint density at radius 2 is 1.76 bits per heavy atom. The third-order valence-electron chi connectivity index (χ3n) is 2.76. The van der Waals surface area contributed by atoms with Crippen LogP contribution in [-0.4, -0.2) is 16.7 Å². The molecule has 0 aliphatic heterocycles. The zero-order chi connectivity index (χ0) is 15.3. The second-order valence-corrected chi connectivity index (χ2v) is 5.28. The van der Waals surface area contributed by atoms with Gasteiger partial charge in [0.1, 0.15) is 0 Å². The maximum absolute atomic E-state index is 12.7. The SMILES string of the molecule is O/N=C(\CSc1ccccc1)c1cccc(C(F)(F)F)c1. The molecule has 0 amide bonds. The highest BCUT2D eigenvalue weighted by molar-refractivity contribution is 8.00. The first kappa shape index (κ1) is 15.4. The summed E-state index contributed by atoms with van der Waals surface area (Å²) in [5.74, 6) is 0.280. The number of alkyl halides is 3. The zero-order valence-electron chi connectivity index (χ0n) is 10.8. The lowest BCUT2D eigenvalue weighted by atomic mass is 10.1. The lowest BCUT2D eigenvalue weighted by Gasteiger charge is -2.09. The lowest BCUT2D eigenvalue weighted by molar-refractivity contribution is -0.137. The summed E-state index contributed by atoms with van der Waals surface area (Å²) >= 11 is 1.39. The summed E-state index contributed by atoms with van der Waals surface area (Å²) in [7, 11) is 0. The van der Waals surface area contributed by atoms with Gasteiger partial charge in [-0.15, -0.1) is 11.8 Å². The second kappa shape index (κ2) is 6.67. The van der Waals surface area contributed by atoms with Crippen LogP contribution in [0.3, 0.4) is 0 Å². The van der Waals surface area contributed by atoms with Gasteiger partial charge in [0.15, 0.2) is 0 Å². The number of oxime groups is 1. The van der Waals surface area contributed by atoms with Crippen LogP contribution in [0.1, 0.15) is 11.1 Å². The molecule has 0 aromatic heterocycles. The van der Waals surface area contributed by atoms with Gasteiger partial charge in [-0.2, -0.15) is 13.2 Å². The molecule has 1 N–H and O–H groups in total. The molecule has 2 nitrogen and oxygen atoms in total. The summed E-state index contributed by atoms with van der Waals surface area (Å²) in [4.78, 5) is 0.950. The predicted molar refractivity (Wildman–Crippen MR) is 76.9 cm³/mol. The Morgan fingerprint density at radius 3 is 2.38 bits per heavy atom. The Morgan fingerprint density at radius 1 is 1.05 bits per heavy atom. The first-order chi connectivity index (χ1) is 10.0. The van der Waals surface area contributed by atoms with Crippen molar-refractivity contribution in [3.8, 4) is 0 Å². The minimum atomic E-state index is -4.41. The number of hydrogen-bond donors (Lipinski definition) is 1. The van der Waals surface area contributed by atoms with Crippen molar-refractivity contribution in [2.24, 2.45) is 5.16 Å². The Labute approximate surface area is 124 Å². The molecule has 0 radical (unpaired) electrons. The van der Waals surface area contributed by atoms with Crippen molar-refractivity contribution < 1.29 is 18.4 Å². The van der Waals surface area contributed by atoms with Crippen LogP contribution in [0.15, 0.2) is 64.6 Å². The molecule has 2 aromatic carbocycles. The fraction of sp³-hybridized carbons (Fsp3) is 0.133. The van der Waals surface area contributed by atoms with E-state index in [1.165, 1.54) is 23.9 Å². The number of hydrogen-bond acceptors (Lipinski definition) is 3. The molecule has 110 valence electrons. The number of thioether (sulfide) groups is 1. The van der Waals surface area contributed by atoms with Gasteiger partial charge in [-0.25, -0.2) is 0 Å². The molecule has 0 bridgehead atoms. The van der Waals surface area contributed by atoms with Crippen LogP contribution in [0.2, 0.25) is 0 Å². The summed E-state index contributed by atoms with van der Waals surface area (Å²) in [6.07, 6.45) is -4.41. The van der Waals surface area contributed by atoms with Crippen molar-refractivity contribution in [3.63, 3.8) is 0 Å². The van der Waals surface area contributed by atoms with Crippen LogP contribution in [0.4, 0.5) is 13.2 Å². The molecule has 0 heterocycles. The average molecular weight is 311 g/mol. The maximum atomic E-state index is 12.7. The van der Waals surface area contributed by atoms with E-state index in [0.29, 0.717) is 0 Å². The molecule has 2 rings (SSSR count). The Balaban J connectivity index is 2.15. The Bertz CT molecular complexity index is 626.